The monoisotopic (exact) mass is 330 g/mol. The normalized spacial score (nSPS) is 21.2. The fourth-order valence-corrected chi connectivity index (χ4v) is 3.17. The summed E-state index contributed by atoms with van der Waals surface area (Å²) < 4.78 is 0. The highest BCUT2D eigenvalue weighted by molar-refractivity contribution is 6.07. The van der Waals surface area contributed by atoms with Gasteiger partial charge in [-0.2, -0.15) is 0 Å². The summed E-state index contributed by atoms with van der Waals surface area (Å²) in [6.45, 7) is 4.76. The standard InChI is InChI=1S/C17H22N4O3/c1-12-4-3-5-13(10-12)20-6-8-21(9-7-20)15(22)11-14-16(23)18-19(2)17(14)24/h3-5,10,14H,6-9,11H2,1-2H3,(H,18,23). The first kappa shape index (κ1) is 16.3. The molecule has 2 heterocycles. The van der Waals surface area contributed by atoms with Gasteiger partial charge in [-0.25, -0.2) is 0 Å². The van der Waals surface area contributed by atoms with E-state index in [-0.39, 0.29) is 18.2 Å². The molecule has 0 spiro atoms. The zero-order valence-electron chi connectivity index (χ0n) is 14.0. The quantitative estimate of drug-likeness (QED) is 0.801. The van der Waals surface area contributed by atoms with Crippen LogP contribution in [0.3, 0.4) is 0 Å². The highest BCUT2D eigenvalue weighted by Gasteiger charge is 2.39. The molecule has 2 aliphatic heterocycles. The number of anilines is 1. The van der Waals surface area contributed by atoms with Gasteiger partial charge >= 0.3 is 0 Å². The Labute approximate surface area is 141 Å². The molecule has 3 amide bonds. The number of rotatable bonds is 3. The molecule has 0 aliphatic carbocycles. The second-order valence-corrected chi connectivity index (χ2v) is 6.34. The number of nitrogens with zero attached hydrogens (tertiary/aromatic N) is 3. The predicted octanol–water partition coefficient (Wildman–Crippen LogP) is 0.153. The third kappa shape index (κ3) is 3.20. The van der Waals surface area contributed by atoms with Crippen molar-refractivity contribution in [3.63, 3.8) is 0 Å². The summed E-state index contributed by atoms with van der Waals surface area (Å²) in [6.07, 6.45) is -0.0561. The first-order valence-electron chi connectivity index (χ1n) is 8.13. The van der Waals surface area contributed by atoms with E-state index in [1.54, 1.807) is 4.90 Å². The number of nitrogens with one attached hydrogen (secondary N) is 1. The Kier molecular flexibility index (Phi) is 4.42. The van der Waals surface area contributed by atoms with Crippen LogP contribution < -0.4 is 10.3 Å². The first-order valence-corrected chi connectivity index (χ1v) is 8.13. The van der Waals surface area contributed by atoms with Crippen LogP contribution in [0.1, 0.15) is 12.0 Å². The second kappa shape index (κ2) is 6.51. The fraction of sp³-hybridized carbons (Fsp3) is 0.471. The smallest absolute Gasteiger partial charge is 0.253 e. The summed E-state index contributed by atoms with van der Waals surface area (Å²) in [6, 6.07) is 8.30. The molecule has 7 heteroatoms. The lowest BCUT2D eigenvalue weighted by atomic mass is 10.0. The summed E-state index contributed by atoms with van der Waals surface area (Å²) >= 11 is 0. The lowest BCUT2D eigenvalue weighted by molar-refractivity contribution is -0.139. The van der Waals surface area contributed by atoms with Crippen molar-refractivity contribution >= 4 is 23.4 Å². The average molecular weight is 330 g/mol. The summed E-state index contributed by atoms with van der Waals surface area (Å²) in [5, 5.41) is 1.15. The van der Waals surface area contributed by atoms with E-state index in [1.165, 1.54) is 12.6 Å². The van der Waals surface area contributed by atoms with Gasteiger partial charge in [0.15, 0.2) is 0 Å². The van der Waals surface area contributed by atoms with Gasteiger partial charge in [0.05, 0.1) is 0 Å². The summed E-state index contributed by atoms with van der Waals surface area (Å²) in [5.41, 5.74) is 4.79. The van der Waals surface area contributed by atoms with E-state index in [4.69, 9.17) is 0 Å². The van der Waals surface area contributed by atoms with Gasteiger partial charge in [0.1, 0.15) is 5.92 Å². The van der Waals surface area contributed by atoms with E-state index in [0.29, 0.717) is 13.1 Å². The molecule has 1 N–H and O–H groups in total. The highest BCUT2D eigenvalue weighted by Crippen LogP contribution is 2.19. The van der Waals surface area contributed by atoms with E-state index in [2.05, 4.69) is 35.4 Å². The second-order valence-electron chi connectivity index (χ2n) is 6.34. The Morgan fingerprint density at radius 2 is 1.92 bits per heavy atom. The van der Waals surface area contributed by atoms with Crippen molar-refractivity contribution in [2.75, 3.05) is 38.1 Å². The van der Waals surface area contributed by atoms with Gasteiger partial charge in [-0.1, -0.05) is 12.1 Å². The van der Waals surface area contributed by atoms with Crippen LogP contribution in [-0.2, 0) is 14.4 Å². The third-order valence-electron chi connectivity index (χ3n) is 4.60. The molecule has 0 saturated carbocycles. The van der Waals surface area contributed by atoms with Crippen molar-refractivity contribution in [2.45, 2.75) is 13.3 Å². The summed E-state index contributed by atoms with van der Waals surface area (Å²) in [4.78, 5) is 40.0. The number of piperazine rings is 1. The maximum Gasteiger partial charge on any atom is 0.253 e. The van der Waals surface area contributed by atoms with Crippen molar-refractivity contribution in [1.29, 1.82) is 0 Å². The van der Waals surface area contributed by atoms with Crippen molar-refractivity contribution < 1.29 is 14.4 Å². The third-order valence-corrected chi connectivity index (χ3v) is 4.60. The van der Waals surface area contributed by atoms with Gasteiger partial charge < -0.3 is 9.80 Å². The molecule has 2 aliphatic rings. The van der Waals surface area contributed by atoms with Crippen LogP contribution in [0.2, 0.25) is 0 Å². The molecular formula is C17H22N4O3. The Hall–Kier alpha value is -2.57. The average Bonchev–Trinajstić information content (AvgIpc) is 2.81. The zero-order valence-corrected chi connectivity index (χ0v) is 14.0. The number of carbonyl (C=O) groups excluding carboxylic acids is 3. The van der Waals surface area contributed by atoms with Crippen molar-refractivity contribution in [1.82, 2.24) is 15.3 Å². The number of hydrazine groups is 1. The van der Waals surface area contributed by atoms with Gasteiger partial charge in [-0.3, -0.25) is 24.8 Å². The maximum atomic E-state index is 12.4. The van der Waals surface area contributed by atoms with Crippen molar-refractivity contribution in [3.05, 3.63) is 29.8 Å². The number of hydrogen-bond donors (Lipinski definition) is 1. The Morgan fingerprint density at radius 1 is 1.21 bits per heavy atom. The minimum absolute atomic E-state index is 0.0561. The SMILES string of the molecule is Cc1cccc(N2CCN(C(=O)CC3C(=O)NN(C)C3=O)CC2)c1. The lowest BCUT2D eigenvalue weighted by Crippen LogP contribution is -2.49. The minimum atomic E-state index is -0.891. The fourth-order valence-electron chi connectivity index (χ4n) is 3.17. The Bertz CT molecular complexity index is 668. The largest absolute Gasteiger partial charge is 0.368 e. The summed E-state index contributed by atoms with van der Waals surface area (Å²) in [7, 11) is 1.49. The van der Waals surface area contributed by atoms with Crippen LogP contribution in [0.4, 0.5) is 5.69 Å². The zero-order chi connectivity index (χ0) is 17.3. The lowest BCUT2D eigenvalue weighted by Gasteiger charge is -2.36. The van der Waals surface area contributed by atoms with E-state index in [0.717, 1.165) is 23.8 Å². The number of carbonyl (C=O) groups is 3. The molecule has 2 saturated heterocycles. The van der Waals surface area contributed by atoms with Crippen LogP contribution in [-0.4, -0.2) is 60.9 Å². The molecule has 1 atom stereocenters. The topological polar surface area (TPSA) is 73.0 Å². The molecule has 1 aromatic carbocycles. The van der Waals surface area contributed by atoms with Gasteiger partial charge in [0, 0.05) is 45.3 Å². The molecule has 128 valence electrons. The molecule has 2 fully saturated rings. The molecule has 0 radical (unpaired) electrons. The van der Waals surface area contributed by atoms with Crippen molar-refractivity contribution in [2.24, 2.45) is 5.92 Å². The van der Waals surface area contributed by atoms with E-state index in [9.17, 15) is 14.4 Å². The van der Waals surface area contributed by atoms with Crippen LogP contribution in [0.5, 0.6) is 0 Å². The van der Waals surface area contributed by atoms with E-state index in [1.807, 2.05) is 6.07 Å². The van der Waals surface area contributed by atoms with Gasteiger partial charge in [0.2, 0.25) is 5.91 Å². The van der Waals surface area contributed by atoms with Crippen LogP contribution in [0.25, 0.3) is 0 Å². The molecule has 7 nitrogen and oxygen atoms in total. The molecule has 3 rings (SSSR count). The Balaban J connectivity index is 1.56. The molecular weight excluding hydrogens is 308 g/mol. The number of hydrogen-bond acceptors (Lipinski definition) is 4. The maximum absolute atomic E-state index is 12.4. The van der Waals surface area contributed by atoms with Crippen LogP contribution in [0, 0.1) is 12.8 Å². The van der Waals surface area contributed by atoms with Crippen LogP contribution >= 0.6 is 0 Å². The number of aryl methyl sites for hydroxylation is 1. The van der Waals surface area contributed by atoms with Gasteiger partial charge in [0.25, 0.3) is 11.8 Å². The van der Waals surface area contributed by atoms with Gasteiger partial charge in [-0.05, 0) is 24.6 Å². The van der Waals surface area contributed by atoms with Gasteiger partial charge in [-0.15, -0.1) is 0 Å². The molecule has 0 bridgehead atoms. The molecule has 1 aromatic rings. The minimum Gasteiger partial charge on any atom is -0.368 e. The molecule has 24 heavy (non-hydrogen) atoms. The van der Waals surface area contributed by atoms with E-state index >= 15 is 0 Å². The van der Waals surface area contributed by atoms with E-state index < -0.39 is 11.8 Å². The number of amides is 3. The number of benzene rings is 1. The highest BCUT2D eigenvalue weighted by atomic mass is 16.2. The predicted molar refractivity (Wildman–Crippen MR) is 89.0 cm³/mol. The Morgan fingerprint density at radius 3 is 2.50 bits per heavy atom. The molecule has 0 aromatic heterocycles. The van der Waals surface area contributed by atoms with Crippen LogP contribution in [0.15, 0.2) is 24.3 Å². The first-order chi connectivity index (χ1) is 11.5. The van der Waals surface area contributed by atoms with Crippen molar-refractivity contribution in [3.8, 4) is 0 Å². The summed E-state index contributed by atoms with van der Waals surface area (Å²) in [5.74, 6) is -1.76. The molecule has 1 unspecified atom stereocenters.